The minimum Gasteiger partial charge on any atom is -0.475 e. The molecule has 8 N–H and O–H groups in total. The third kappa shape index (κ3) is 17.9. The van der Waals surface area contributed by atoms with Crippen LogP contribution in [0.1, 0.15) is 12.8 Å². The molecular weight excluding hydrogens is 514 g/mol. The van der Waals surface area contributed by atoms with E-state index in [9.17, 15) is 40.7 Å². The van der Waals surface area contributed by atoms with Crippen molar-refractivity contribution in [2.45, 2.75) is 37.3 Å². The van der Waals surface area contributed by atoms with Gasteiger partial charge in [0.15, 0.2) is 0 Å². The van der Waals surface area contributed by atoms with Gasteiger partial charge in [0.05, 0.1) is 18.6 Å². The molecule has 1 saturated heterocycles. The standard InChI is InChI=1S/C10H18N4O3S2.2C2HF3O2/c11-6-1-3-18-19-4-2-7(12)10(17)14-8(15)5-13-9(6)16;2*3-2(4,5)1(6)7/h6-7H,1-5,11-12H2,(H,13,16)(H,14,15,17);2*(H,6,7)/t6-,7-;;/m0../s1. The molecule has 1 rings (SSSR count). The van der Waals surface area contributed by atoms with Crippen LogP contribution in [0.15, 0.2) is 0 Å². The van der Waals surface area contributed by atoms with E-state index in [1.54, 1.807) is 21.6 Å². The van der Waals surface area contributed by atoms with E-state index in [2.05, 4.69) is 10.6 Å². The molecule has 0 aromatic carbocycles. The number of carboxylic acids is 2. The highest BCUT2D eigenvalue weighted by Gasteiger charge is 2.38. The average Bonchev–Trinajstić information content (AvgIpc) is 2.67. The fourth-order valence-electron chi connectivity index (χ4n) is 1.30. The highest BCUT2D eigenvalue weighted by atomic mass is 33.1. The van der Waals surface area contributed by atoms with Crippen LogP contribution in [0.2, 0.25) is 0 Å². The number of hydrogen-bond donors (Lipinski definition) is 6. The summed E-state index contributed by atoms with van der Waals surface area (Å²) < 4.78 is 63.5. The van der Waals surface area contributed by atoms with E-state index in [4.69, 9.17) is 31.3 Å². The molecular formula is C14H20F6N4O7S2. The Balaban J connectivity index is 0. The molecule has 3 amide bonds. The van der Waals surface area contributed by atoms with E-state index < -0.39 is 54.1 Å². The number of hydrogen-bond acceptors (Lipinski definition) is 9. The van der Waals surface area contributed by atoms with Crippen molar-refractivity contribution < 1.29 is 60.5 Å². The fourth-order valence-corrected chi connectivity index (χ4v) is 3.52. The van der Waals surface area contributed by atoms with Gasteiger partial charge in [0, 0.05) is 11.5 Å². The van der Waals surface area contributed by atoms with E-state index in [0.717, 1.165) is 5.75 Å². The number of carboxylic acid groups (broad SMARTS) is 2. The Morgan fingerprint density at radius 2 is 1.15 bits per heavy atom. The van der Waals surface area contributed by atoms with Crippen LogP contribution in [0.25, 0.3) is 0 Å². The zero-order valence-corrected chi connectivity index (χ0v) is 18.0. The van der Waals surface area contributed by atoms with Crippen molar-refractivity contribution in [1.29, 1.82) is 0 Å². The minimum absolute atomic E-state index is 0.271. The van der Waals surface area contributed by atoms with Gasteiger partial charge in [0.25, 0.3) is 0 Å². The van der Waals surface area contributed by atoms with Crippen LogP contribution >= 0.6 is 21.6 Å². The Kier molecular flexibility index (Phi) is 15.5. The van der Waals surface area contributed by atoms with Crippen LogP contribution < -0.4 is 22.1 Å². The van der Waals surface area contributed by atoms with Crippen molar-refractivity contribution in [1.82, 2.24) is 10.6 Å². The van der Waals surface area contributed by atoms with Gasteiger partial charge in [0.1, 0.15) is 0 Å². The molecule has 0 saturated carbocycles. The van der Waals surface area contributed by atoms with E-state index in [0.29, 0.717) is 18.6 Å². The van der Waals surface area contributed by atoms with Crippen molar-refractivity contribution in [3.05, 3.63) is 0 Å². The van der Waals surface area contributed by atoms with Crippen LogP contribution in [-0.4, -0.2) is 82.4 Å². The second-order valence-electron chi connectivity index (χ2n) is 5.67. The van der Waals surface area contributed by atoms with E-state index >= 15 is 0 Å². The number of nitrogens with two attached hydrogens (primary N) is 2. The molecule has 33 heavy (non-hydrogen) atoms. The number of rotatable bonds is 0. The maximum atomic E-state index is 11.5. The summed E-state index contributed by atoms with van der Waals surface area (Å²) in [6.45, 7) is -0.271. The third-order valence-electron chi connectivity index (χ3n) is 2.95. The molecule has 0 aromatic heterocycles. The van der Waals surface area contributed by atoms with Gasteiger partial charge in [-0.15, -0.1) is 0 Å². The summed E-state index contributed by atoms with van der Waals surface area (Å²) in [5, 5.41) is 18.8. The highest BCUT2D eigenvalue weighted by molar-refractivity contribution is 8.76. The molecule has 1 aliphatic rings. The molecule has 1 fully saturated rings. The maximum Gasteiger partial charge on any atom is 0.490 e. The molecule has 0 aromatic rings. The number of alkyl halides is 6. The van der Waals surface area contributed by atoms with Gasteiger partial charge >= 0.3 is 24.3 Å². The molecule has 0 radical (unpaired) electrons. The SMILES string of the molecule is N[C@H]1CCSSCC[C@H](N)C(=O)NC(=O)CNC1=O.O=C(O)C(F)(F)F.O=C(O)C(F)(F)F. The molecule has 0 spiro atoms. The normalized spacial score (nSPS) is 21.0. The van der Waals surface area contributed by atoms with Gasteiger partial charge in [-0.2, -0.15) is 26.3 Å². The molecule has 1 heterocycles. The predicted octanol–water partition coefficient (Wildman–Crippen LogP) is -0.158. The second-order valence-corrected chi connectivity index (χ2v) is 8.37. The van der Waals surface area contributed by atoms with Crippen LogP contribution in [0, 0.1) is 0 Å². The summed E-state index contributed by atoms with van der Waals surface area (Å²) in [6.07, 6.45) is -9.13. The van der Waals surface area contributed by atoms with Crippen molar-refractivity contribution in [2.24, 2.45) is 11.5 Å². The van der Waals surface area contributed by atoms with Gasteiger partial charge in [-0.05, 0) is 12.8 Å². The Morgan fingerprint density at radius 3 is 1.48 bits per heavy atom. The highest BCUT2D eigenvalue weighted by Crippen LogP contribution is 2.23. The van der Waals surface area contributed by atoms with Gasteiger partial charge in [-0.3, -0.25) is 19.7 Å². The molecule has 11 nitrogen and oxygen atoms in total. The lowest BCUT2D eigenvalue weighted by Gasteiger charge is -2.14. The van der Waals surface area contributed by atoms with Crippen molar-refractivity contribution >= 4 is 51.2 Å². The zero-order chi connectivity index (χ0) is 26.4. The number of imide groups is 1. The smallest absolute Gasteiger partial charge is 0.475 e. The molecule has 0 bridgehead atoms. The lowest BCUT2D eigenvalue weighted by molar-refractivity contribution is -0.193. The number of nitrogens with one attached hydrogen (secondary N) is 2. The summed E-state index contributed by atoms with van der Waals surface area (Å²) in [7, 11) is 3.17. The van der Waals surface area contributed by atoms with Crippen molar-refractivity contribution in [3.8, 4) is 0 Å². The number of carbonyl (C=O) groups excluding carboxylic acids is 3. The Bertz CT molecular complexity index is 670. The first-order valence-corrected chi connectivity index (χ1v) is 10.9. The first-order valence-electron chi connectivity index (χ1n) is 8.36. The van der Waals surface area contributed by atoms with Gasteiger partial charge in [-0.1, -0.05) is 21.6 Å². The Labute approximate surface area is 189 Å². The number of halogens is 6. The van der Waals surface area contributed by atoms with Crippen LogP contribution in [0.5, 0.6) is 0 Å². The molecule has 19 heteroatoms. The monoisotopic (exact) mass is 534 g/mol. The number of amides is 3. The fraction of sp³-hybridized carbons (Fsp3) is 0.643. The zero-order valence-electron chi connectivity index (χ0n) is 16.4. The third-order valence-corrected chi connectivity index (χ3v) is 5.42. The molecule has 1 aliphatic heterocycles. The lowest BCUT2D eigenvalue weighted by atomic mass is 10.2. The first kappa shape index (κ1) is 32.9. The number of carbonyl (C=O) groups is 5. The van der Waals surface area contributed by atoms with E-state index in [1.807, 2.05) is 0 Å². The lowest BCUT2D eigenvalue weighted by Crippen LogP contribution is -2.49. The summed E-state index contributed by atoms with van der Waals surface area (Å²) in [5.74, 6) is -5.58. The predicted molar refractivity (Wildman–Crippen MR) is 104 cm³/mol. The summed E-state index contributed by atoms with van der Waals surface area (Å²) in [4.78, 5) is 52.3. The van der Waals surface area contributed by atoms with Gasteiger partial charge < -0.3 is 27.0 Å². The minimum atomic E-state index is -5.08. The van der Waals surface area contributed by atoms with Gasteiger partial charge in [-0.25, -0.2) is 9.59 Å². The largest absolute Gasteiger partial charge is 0.490 e. The second kappa shape index (κ2) is 15.6. The Morgan fingerprint density at radius 1 is 0.818 bits per heavy atom. The average molecular weight is 534 g/mol. The van der Waals surface area contributed by atoms with Crippen LogP contribution in [-0.2, 0) is 24.0 Å². The topological polar surface area (TPSA) is 202 Å². The molecule has 0 unspecified atom stereocenters. The summed E-state index contributed by atoms with van der Waals surface area (Å²) >= 11 is 0. The van der Waals surface area contributed by atoms with Crippen LogP contribution in [0.3, 0.4) is 0 Å². The molecule has 2 atom stereocenters. The van der Waals surface area contributed by atoms with Gasteiger partial charge in [0.2, 0.25) is 17.7 Å². The number of aliphatic carboxylic acids is 2. The van der Waals surface area contributed by atoms with Crippen molar-refractivity contribution in [2.75, 3.05) is 18.1 Å². The first-order chi connectivity index (χ1) is 14.9. The van der Waals surface area contributed by atoms with Crippen molar-refractivity contribution in [3.63, 3.8) is 0 Å². The molecule has 0 aliphatic carbocycles. The Hall–Kier alpha value is -2.25. The maximum absolute atomic E-state index is 11.5. The van der Waals surface area contributed by atoms with E-state index in [-0.39, 0.29) is 6.54 Å². The van der Waals surface area contributed by atoms with Crippen LogP contribution in [0.4, 0.5) is 26.3 Å². The molecule has 192 valence electrons. The summed E-state index contributed by atoms with van der Waals surface area (Å²) in [6, 6.07) is -1.35. The summed E-state index contributed by atoms with van der Waals surface area (Å²) in [5.41, 5.74) is 11.3. The van der Waals surface area contributed by atoms with E-state index in [1.165, 1.54) is 0 Å². The quantitative estimate of drug-likeness (QED) is 0.137.